The van der Waals surface area contributed by atoms with E-state index in [9.17, 15) is 0 Å². The van der Waals surface area contributed by atoms with Crippen molar-refractivity contribution in [1.29, 1.82) is 0 Å². The van der Waals surface area contributed by atoms with Crippen LogP contribution in [-0.4, -0.2) is 51.2 Å². The van der Waals surface area contributed by atoms with E-state index in [1.165, 1.54) is 79.3 Å². The molecule has 0 atom stereocenters. The van der Waals surface area contributed by atoms with Crippen LogP contribution in [0.1, 0.15) is 44.1 Å². The number of hydrogen-bond donors (Lipinski definition) is 2. The maximum atomic E-state index is 4.74. The van der Waals surface area contributed by atoms with E-state index < -0.39 is 0 Å². The van der Waals surface area contributed by atoms with Crippen LogP contribution in [0.4, 0.5) is 5.69 Å². The Morgan fingerprint density at radius 2 is 1.57 bits per heavy atom. The minimum atomic E-state index is 0.968. The van der Waals surface area contributed by atoms with E-state index in [4.69, 9.17) is 5.10 Å². The fourth-order valence-corrected chi connectivity index (χ4v) is 6.18. The second kappa shape index (κ2) is 9.67. The molecular weight excluding hydrogens is 456 g/mol. The van der Waals surface area contributed by atoms with E-state index in [0.717, 1.165) is 47.5 Å². The van der Waals surface area contributed by atoms with E-state index >= 15 is 0 Å². The average molecular weight is 491 g/mol. The SMILES string of the molecule is c1cc(N2CCCCC2)c2cc(-c3n[nH]c4ccc(-c5cncc(CN6CCCCC6)c5)cc34)[nH]c2c1. The molecule has 0 radical (unpaired) electrons. The van der Waals surface area contributed by atoms with E-state index in [-0.39, 0.29) is 0 Å². The van der Waals surface area contributed by atoms with Gasteiger partial charge in [0.15, 0.2) is 0 Å². The molecule has 37 heavy (non-hydrogen) atoms. The predicted molar refractivity (Wildman–Crippen MR) is 152 cm³/mol. The van der Waals surface area contributed by atoms with Gasteiger partial charge in [-0.05, 0) is 92.7 Å². The maximum Gasteiger partial charge on any atom is 0.116 e. The van der Waals surface area contributed by atoms with Gasteiger partial charge in [0.2, 0.25) is 0 Å². The van der Waals surface area contributed by atoms with Gasteiger partial charge in [0.25, 0.3) is 0 Å². The molecule has 2 fully saturated rings. The van der Waals surface area contributed by atoms with Crippen LogP contribution in [0.2, 0.25) is 0 Å². The van der Waals surface area contributed by atoms with Crippen LogP contribution in [-0.2, 0) is 6.54 Å². The summed E-state index contributed by atoms with van der Waals surface area (Å²) in [7, 11) is 0. The fourth-order valence-electron chi connectivity index (χ4n) is 6.18. The summed E-state index contributed by atoms with van der Waals surface area (Å²) in [6.45, 7) is 5.64. The standard InChI is InChI=1S/C31H34N6/c1-3-12-36(13-4-1)21-22-16-24(20-32-19-22)23-10-11-28-26(17-23)31(35-34-28)29-18-25-27(33-29)8-7-9-30(25)37-14-5-2-6-15-37/h7-11,16-20,33H,1-6,12-15,21H2,(H,34,35). The quantitative estimate of drug-likeness (QED) is 0.286. The third-order valence-electron chi connectivity index (χ3n) is 8.14. The minimum Gasteiger partial charge on any atom is -0.371 e. The highest BCUT2D eigenvalue weighted by molar-refractivity contribution is 6.00. The molecule has 2 saturated heterocycles. The molecule has 2 N–H and O–H groups in total. The first-order chi connectivity index (χ1) is 18.3. The largest absolute Gasteiger partial charge is 0.371 e. The number of anilines is 1. The van der Waals surface area contributed by atoms with Crippen LogP contribution < -0.4 is 4.90 Å². The van der Waals surface area contributed by atoms with Gasteiger partial charge < -0.3 is 9.88 Å². The molecule has 5 heterocycles. The Bertz CT molecular complexity index is 1530. The van der Waals surface area contributed by atoms with Crippen molar-refractivity contribution in [3.05, 3.63) is 66.5 Å². The zero-order valence-electron chi connectivity index (χ0n) is 21.3. The number of fused-ring (bicyclic) bond motifs is 2. The second-order valence-corrected chi connectivity index (χ2v) is 10.7. The zero-order chi connectivity index (χ0) is 24.6. The van der Waals surface area contributed by atoms with Crippen molar-refractivity contribution in [1.82, 2.24) is 25.1 Å². The Morgan fingerprint density at radius 1 is 0.730 bits per heavy atom. The summed E-state index contributed by atoms with van der Waals surface area (Å²) in [6.07, 6.45) is 11.9. The van der Waals surface area contributed by atoms with Crippen molar-refractivity contribution in [3.8, 4) is 22.5 Å². The van der Waals surface area contributed by atoms with Crippen LogP contribution >= 0.6 is 0 Å². The van der Waals surface area contributed by atoms with Crippen LogP contribution in [0, 0.1) is 0 Å². The summed E-state index contributed by atoms with van der Waals surface area (Å²) < 4.78 is 0. The summed E-state index contributed by atoms with van der Waals surface area (Å²) in [5.74, 6) is 0. The van der Waals surface area contributed by atoms with Crippen molar-refractivity contribution in [2.45, 2.75) is 45.1 Å². The van der Waals surface area contributed by atoms with Gasteiger partial charge in [-0.15, -0.1) is 0 Å². The number of nitrogens with one attached hydrogen (secondary N) is 2. The first-order valence-electron chi connectivity index (χ1n) is 13.8. The molecular formula is C31H34N6. The van der Waals surface area contributed by atoms with Gasteiger partial charge in [0.05, 0.1) is 11.2 Å². The minimum absolute atomic E-state index is 0.968. The van der Waals surface area contributed by atoms with Crippen LogP contribution in [0.25, 0.3) is 44.3 Å². The lowest BCUT2D eigenvalue weighted by Gasteiger charge is -2.29. The van der Waals surface area contributed by atoms with Gasteiger partial charge in [-0.3, -0.25) is 15.0 Å². The third kappa shape index (κ3) is 4.40. The molecule has 6 heteroatoms. The molecule has 0 saturated carbocycles. The molecule has 6 nitrogen and oxygen atoms in total. The van der Waals surface area contributed by atoms with Crippen LogP contribution in [0.3, 0.4) is 0 Å². The van der Waals surface area contributed by atoms with Gasteiger partial charge in [-0.1, -0.05) is 18.6 Å². The summed E-state index contributed by atoms with van der Waals surface area (Å²) in [4.78, 5) is 13.3. The van der Waals surface area contributed by atoms with Gasteiger partial charge in [0, 0.05) is 59.6 Å². The van der Waals surface area contributed by atoms with E-state index in [1.807, 2.05) is 12.4 Å². The molecule has 0 aliphatic carbocycles. The fraction of sp³-hybridized carbons (Fsp3) is 0.355. The lowest BCUT2D eigenvalue weighted by atomic mass is 10.0. The molecule has 0 unspecified atom stereocenters. The van der Waals surface area contributed by atoms with E-state index in [0.29, 0.717) is 0 Å². The van der Waals surface area contributed by atoms with Crippen molar-refractivity contribution >= 4 is 27.5 Å². The van der Waals surface area contributed by atoms with Crippen molar-refractivity contribution < 1.29 is 0 Å². The third-order valence-corrected chi connectivity index (χ3v) is 8.14. The maximum absolute atomic E-state index is 4.74. The van der Waals surface area contributed by atoms with Gasteiger partial charge in [0.1, 0.15) is 5.69 Å². The first-order valence-corrected chi connectivity index (χ1v) is 13.8. The average Bonchev–Trinajstić information content (AvgIpc) is 3.58. The number of rotatable bonds is 5. The summed E-state index contributed by atoms with van der Waals surface area (Å²) in [5, 5.41) is 10.4. The van der Waals surface area contributed by atoms with Crippen molar-refractivity contribution in [2.24, 2.45) is 0 Å². The van der Waals surface area contributed by atoms with Gasteiger partial charge >= 0.3 is 0 Å². The smallest absolute Gasteiger partial charge is 0.116 e. The highest BCUT2D eigenvalue weighted by atomic mass is 15.1. The number of pyridine rings is 1. The summed E-state index contributed by atoms with van der Waals surface area (Å²) >= 11 is 0. The number of H-pyrrole nitrogens is 2. The van der Waals surface area contributed by atoms with Gasteiger partial charge in [-0.2, -0.15) is 5.10 Å². The number of nitrogens with zero attached hydrogens (tertiary/aromatic N) is 4. The Hall–Kier alpha value is -3.64. The first kappa shape index (κ1) is 22.5. The van der Waals surface area contributed by atoms with Crippen molar-refractivity contribution in [3.63, 3.8) is 0 Å². The predicted octanol–water partition coefficient (Wildman–Crippen LogP) is 6.75. The number of piperidine rings is 2. The molecule has 2 aliphatic heterocycles. The molecule has 2 aromatic carbocycles. The summed E-state index contributed by atoms with van der Waals surface area (Å²) in [5.41, 5.74) is 9.19. The number of aromatic nitrogens is 4. The van der Waals surface area contributed by atoms with Crippen LogP contribution in [0.5, 0.6) is 0 Å². The monoisotopic (exact) mass is 490 g/mol. The molecule has 7 rings (SSSR count). The Balaban J connectivity index is 1.23. The second-order valence-electron chi connectivity index (χ2n) is 10.7. The highest BCUT2D eigenvalue weighted by Gasteiger charge is 2.18. The van der Waals surface area contributed by atoms with E-state index in [2.05, 4.69) is 73.4 Å². The molecule has 0 spiro atoms. The Labute approximate surface area is 217 Å². The number of benzene rings is 2. The molecule has 0 bridgehead atoms. The Kier molecular flexibility index (Phi) is 5.89. The lowest BCUT2D eigenvalue weighted by Crippen LogP contribution is -2.29. The zero-order valence-corrected chi connectivity index (χ0v) is 21.3. The number of aromatic amines is 2. The topological polar surface area (TPSA) is 63.8 Å². The Morgan fingerprint density at radius 3 is 2.43 bits per heavy atom. The van der Waals surface area contributed by atoms with Crippen LogP contribution in [0.15, 0.2) is 60.9 Å². The molecule has 3 aromatic heterocycles. The number of likely N-dealkylation sites (tertiary alicyclic amines) is 1. The molecule has 2 aliphatic rings. The molecule has 188 valence electrons. The van der Waals surface area contributed by atoms with E-state index in [1.54, 1.807) is 0 Å². The van der Waals surface area contributed by atoms with Crippen molar-refractivity contribution in [2.75, 3.05) is 31.1 Å². The lowest BCUT2D eigenvalue weighted by molar-refractivity contribution is 0.220. The summed E-state index contributed by atoms with van der Waals surface area (Å²) in [6, 6.07) is 17.7. The normalized spacial score (nSPS) is 17.1. The van der Waals surface area contributed by atoms with Gasteiger partial charge in [-0.25, -0.2) is 0 Å². The highest BCUT2D eigenvalue weighted by Crippen LogP contribution is 2.35. The molecule has 0 amide bonds. The number of hydrogen-bond acceptors (Lipinski definition) is 4. The molecule has 5 aromatic rings.